The predicted octanol–water partition coefficient (Wildman–Crippen LogP) is 2.73. The average Bonchev–Trinajstić information content (AvgIpc) is 3.06. The molecule has 0 radical (unpaired) electrons. The van der Waals surface area contributed by atoms with Crippen LogP contribution in [0.2, 0.25) is 0 Å². The predicted molar refractivity (Wildman–Crippen MR) is 93.4 cm³/mol. The number of aromatic nitrogens is 3. The number of anilines is 1. The molecule has 6 rings (SSSR count). The number of hydrogen-bond donors (Lipinski definition) is 0. The Morgan fingerprint density at radius 1 is 1.08 bits per heavy atom. The van der Waals surface area contributed by atoms with Crippen LogP contribution >= 0.6 is 0 Å². The fourth-order valence-corrected chi connectivity index (χ4v) is 4.67. The largest absolute Gasteiger partial charge is 0.324 e. The Bertz CT molecular complexity index is 749. The fourth-order valence-electron chi connectivity index (χ4n) is 4.67. The highest BCUT2D eigenvalue weighted by Gasteiger charge is 2.51. The first-order chi connectivity index (χ1) is 11.9. The van der Waals surface area contributed by atoms with Crippen molar-refractivity contribution in [2.75, 3.05) is 24.5 Å². The minimum Gasteiger partial charge on any atom is -0.324 e. The lowest BCUT2D eigenvalue weighted by molar-refractivity contribution is 0.0332. The first-order valence-corrected chi connectivity index (χ1v) is 8.76. The van der Waals surface area contributed by atoms with E-state index in [9.17, 15) is 0 Å². The van der Waals surface area contributed by atoms with Gasteiger partial charge in [0.05, 0.1) is 23.6 Å². The molecule has 3 saturated heterocycles. The van der Waals surface area contributed by atoms with E-state index in [0.717, 1.165) is 36.0 Å². The van der Waals surface area contributed by atoms with Crippen molar-refractivity contribution in [1.82, 2.24) is 19.9 Å². The highest BCUT2D eigenvalue weighted by molar-refractivity contribution is 5.58. The molecule has 0 N–H and O–H groups in total. The summed E-state index contributed by atoms with van der Waals surface area (Å²) in [6, 6.07) is 3.94. The van der Waals surface area contributed by atoms with Crippen molar-refractivity contribution in [3.05, 3.63) is 49.2 Å². The van der Waals surface area contributed by atoms with Crippen LogP contribution in [0.1, 0.15) is 19.3 Å². The van der Waals surface area contributed by atoms with Crippen LogP contribution < -0.4 is 4.90 Å². The third-order valence-corrected chi connectivity index (χ3v) is 5.89. The number of fused-ring (bicyclic) bond motifs is 2. The van der Waals surface area contributed by atoms with Gasteiger partial charge in [0, 0.05) is 30.7 Å². The molecule has 2 aromatic rings. The smallest absolute Gasteiger partial charge is 0.151 e. The van der Waals surface area contributed by atoms with E-state index in [2.05, 4.69) is 32.0 Å². The topological polar surface area (TPSA) is 45.2 Å². The van der Waals surface area contributed by atoms with Gasteiger partial charge in [0.2, 0.25) is 0 Å². The van der Waals surface area contributed by atoms with Crippen LogP contribution in [0.25, 0.3) is 11.3 Å². The normalized spacial score (nSPS) is 31.1. The van der Waals surface area contributed by atoms with Crippen molar-refractivity contribution in [1.29, 1.82) is 0 Å². The Labute approximate surface area is 142 Å². The summed E-state index contributed by atoms with van der Waals surface area (Å²) < 4.78 is 0. The minimum absolute atomic E-state index is 0.195. The summed E-state index contributed by atoms with van der Waals surface area (Å²) in [5.74, 6) is 1.72. The number of pyridine rings is 1. The van der Waals surface area contributed by atoms with E-state index in [4.69, 9.17) is 4.98 Å². The van der Waals surface area contributed by atoms with Gasteiger partial charge in [-0.15, -0.1) is 0 Å². The zero-order valence-corrected chi connectivity index (χ0v) is 13.7. The van der Waals surface area contributed by atoms with Crippen molar-refractivity contribution in [3.8, 4) is 11.3 Å². The van der Waals surface area contributed by atoms with E-state index < -0.39 is 0 Å². The maximum Gasteiger partial charge on any atom is 0.151 e. The summed E-state index contributed by atoms with van der Waals surface area (Å²) in [4.78, 5) is 18.5. The Hall–Kier alpha value is -2.27. The van der Waals surface area contributed by atoms with Crippen LogP contribution in [0.4, 0.5) is 5.82 Å². The third kappa shape index (κ3) is 2.08. The number of nitrogens with zero attached hydrogens (tertiary/aromatic N) is 5. The molecule has 24 heavy (non-hydrogen) atoms. The molecular formula is C19H21N5. The molecule has 0 amide bonds. The van der Waals surface area contributed by atoms with Crippen LogP contribution in [0.3, 0.4) is 0 Å². The molecule has 1 atom stereocenters. The monoisotopic (exact) mass is 319 g/mol. The summed E-state index contributed by atoms with van der Waals surface area (Å²) in [5, 5.41) is 0. The van der Waals surface area contributed by atoms with E-state index in [1.807, 2.05) is 30.7 Å². The van der Waals surface area contributed by atoms with E-state index in [0.29, 0.717) is 0 Å². The molecule has 122 valence electrons. The second kappa shape index (κ2) is 5.38. The second-order valence-electron chi connectivity index (χ2n) is 7.11. The molecule has 0 aliphatic carbocycles. The highest BCUT2D eigenvalue weighted by atomic mass is 15.3. The van der Waals surface area contributed by atoms with E-state index >= 15 is 0 Å². The highest BCUT2D eigenvalue weighted by Crippen LogP contribution is 2.46. The molecule has 4 aliphatic rings. The molecule has 2 bridgehead atoms. The third-order valence-electron chi connectivity index (χ3n) is 5.89. The standard InChI is InChI=1S/C19H21N5/c1-3-15(11-20-7-1)17-12-22-18(13-21-17)24-8-2-6-19(24)14-23-9-4-16(19)5-10-23/h1-3,7-8,11-13,16H,4-6,9-10,14H2/t19-/m0/s1. The minimum atomic E-state index is 0.195. The lowest BCUT2D eigenvalue weighted by atomic mass is 9.71. The van der Waals surface area contributed by atoms with Crippen molar-refractivity contribution in [2.24, 2.45) is 5.92 Å². The fraction of sp³-hybridized carbons (Fsp3) is 0.421. The zero-order valence-electron chi connectivity index (χ0n) is 13.7. The van der Waals surface area contributed by atoms with Crippen LogP contribution in [0.5, 0.6) is 0 Å². The molecule has 5 heteroatoms. The molecule has 6 heterocycles. The van der Waals surface area contributed by atoms with Gasteiger partial charge in [-0.3, -0.25) is 9.97 Å². The van der Waals surface area contributed by atoms with Crippen molar-refractivity contribution >= 4 is 5.82 Å². The molecule has 0 saturated carbocycles. The van der Waals surface area contributed by atoms with Gasteiger partial charge in [-0.05, 0) is 50.4 Å². The summed E-state index contributed by atoms with van der Waals surface area (Å²) in [6.07, 6.45) is 15.6. The van der Waals surface area contributed by atoms with Gasteiger partial charge in [0.1, 0.15) is 0 Å². The maximum atomic E-state index is 4.74. The van der Waals surface area contributed by atoms with Crippen molar-refractivity contribution < 1.29 is 0 Å². The van der Waals surface area contributed by atoms with Gasteiger partial charge in [-0.2, -0.15) is 0 Å². The lowest BCUT2D eigenvalue weighted by Crippen LogP contribution is -2.64. The van der Waals surface area contributed by atoms with Crippen molar-refractivity contribution in [3.63, 3.8) is 0 Å². The van der Waals surface area contributed by atoms with Gasteiger partial charge in [-0.1, -0.05) is 6.08 Å². The molecule has 1 spiro atoms. The first-order valence-electron chi connectivity index (χ1n) is 8.76. The van der Waals surface area contributed by atoms with Crippen LogP contribution in [-0.2, 0) is 0 Å². The number of rotatable bonds is 2. The quantitative estimate of drug-likeness (QED) is 0.851. The van der Waals surface area contributed by atoms with Crippen LogP contribution in [-0.4, -0.2) is 45.0 Å². The average molecular weight is 319 g/mol. The lowest BCUT2D eigenvalue weighted by Gasteiger charge is -2.55. The second-order valence-corrected chi connectivity index (χ2v) is 7.11. The van der Waals surface area contributed by atoms with E-state index in [1.165, 1.54) is 25.9 Å². The summed E-state index contributed by atoms with van der Waals surface area (Å²) in [7, 11) is 0. The Morgan fingerprint density at radius 3 is 2.67 bits per heavy atom. The molecular weight excluding hydrogens is 298 g/mol. The summed E-state index contributed by atoms with van der Waals surface area (Å²) >= 11 is 0. The van der Waals surface area contributed by atoms with E-state index in [1.54, 1.807) is 6.20 Å². The van der Waals surface area contributed by atoms with Gasteiger partial charge >= 0.3 is 0 Å². The Balaban J connectivity index is 1.46. The van der Waals surface area contributed by atoms with Gasteiger partial charge in [0.25, 0.3) is 0 Å². The maximum absolute atomic E-state index is 4.74. The summed E-state index contributed by atoms with van der Waals surface area (Å²) in [5.41, 5.74) is 2.07. The first kappa shape index (κ1) is 14.1. The number of piperidine rings is 3. The number of hydrogen-bond acceptors (Lipinski definition) is 5. The molecule has 0 unspecified atom stereocenters. The molecule has 0 aromatic carbocycles. The SMILES string of the molecule is C1=CN(c2cnc(-c3cccnc3)cn2)[C@@]2(C1)CN1CCC2CC1. The zero-order chi connectivity index (χ0) is 16.0. The van der Waals surface area contributed by atoms with Gasteiger partial charge in [0.15, 0.2) is 5.82 Å². The van der Waals surface area contributed by atoms with Crippen LogP contribution in [0.15, 0.2) is 49.2 Å². The van der Waals surface area contributed by atoms with Crippen molar-refractivity contribution in [2.45, 2.75) is 24.8 Å². The summed E-state index contributed by atoms with van der Waals surface area (Å²) in [6.45, 7) is 3.66. The molecule has 4 aliphatic heterocycles. The molecule has 5 nitrogen and oxygen atoms in total. The van der Waals surface area contributed by atoms with E-state index in [-0.39, 0.29) is 5.54 Å². The van der Waals surface area contributed by atoms with Gasteiger partial charge in [-0.25, -0.2) is 4.98 Å². The Kier molecular flexibility index (Phi) is 3.16. The Morgan fingerprint density at radius 2 is 2.00 bits per heavy atom. The molecule has 3 fully saturated rings. The van der Waals surface area contributed by atoms with Gasteiger partial charge < -0.3 is 9.80 Å². The van der Waals surface area contributed by atoms with Crippen LogP contribution in [0, 0.1) is 5.92 Å². The molecule has 2 aromatic heterocycles.